The zero-order valence-electron chi connectivity index (χ0n) is 11.6. The van der Waals surface area contributed by atoms with Gasteiger partial charge < -0.3 is 10.0 Å². The van der Waals surface area contributed by atoms with Gasteiger partial charge in [0.05, 0.1) is 16.4 Å². The van der Waals surface area contributed by atoms with Crippen LogP contribution in [0.15, 0.2) is 18.2 Å². The van der Waals surface area contributed by atoms with E-state index in [9.17, 15) is 14.9 Å². The van der Waals surface area contributed by atoms with Crippen molar-refractivity contribution in [3.63, 3.8) is 0 Å². The van der Waals surface area contributed by atoms with E-state index in [0.717, 1.165) is 5.69 Å². The van der Waals surface area contributed by atoms with Gasteiger partial charge in [0, 0.05) is 24.3 Å². The van der Waals surface area contributed by atoms with E-state index in [1.54, 1.807) is 13.0 Å². The molecule has 0 radical (unpaired) electrons. The molecule has 0 amide bonds. The Bertz CT molecular complexity index is 544. The fraction of sp³-hybridized carbons (Fsp3) is 0.500. The van der Waals surface area contributed by atoms with Gasteiger partial charge in [-0.1, -0.05) is 6.07 Å². The molecular weight excluding hydrogens is 260 g/mol. The van der Waals surface area contributed by atoms with Gasteiger partial charge in [-0.15, -0.1) is 0 Å². The number of nitrogens with zero attached hydrogens (tertiary/aromatic N) is 2. The molecule has 1 aromatic rings. The first kappa shape index (κ1) is 14.3. The number of nitro benzene ring substituents is 1. The van der Waals surface area contributed by atoms with Gasteiger partial charge in [-0.05, 0) is 32.8 Å². The van der Waals surface area contributed by atoms with Crippen LogP contribution in [0.3, 0.4) is 0 Å². The van der Waals surface area contributed by atoms with Crippen molar-refractivity contribution < 1.29 is 14.8 Å². The highest BCUT2D eigenvalue weighted by atomic mass is 16.6. The number of rotatable bonds is 3. The Hall–Kier alpha value is -2.11. The molecule has 20 heavy (non-hydrogen) atoms. The molecule has 0 aliphatic carbocycles. The topological polar surface area (TPSA) is 83.7 Å². The Morgan fingerprint density at radius 3 is 2.75 bits per heavy atom. The van der Waals surface area contributed by atoms with E-state index in [1.165, 1.54) is 6.07 Å². The van der Waals surface area contributed by atoms with Crippen molar-refractivity contribution >= 4 is 17.3 Å². The Balaban J connectivity index is 2.27. The number of hydrogen-bond acceptors (Lipinski definition) is 4. The second-order valence-electron chi connectivity index (χ2n) is 5.28. The minimum atomic E-state index is -0.757. The Morgan fingerprint density at radius 2 is 2.20 bits per heavy atom. The van der Waals surface area contributed by atoms with Crippen LogP contribution in [0.1, 0.15) is 25.3 Å². The molecule has 108 valence electrons. The summed E-state index contributed by atoms with van der Waals surface area (Å²) < 4.78 is 0. The predicted molar refractivity (Wildman–Crippen MR) is 75.0 cm³/mol. The average molecular weight is 278 g/mol. The average Bonchev–Trinajstić information content (AvgIpc) is 2.39. The monoisotopic (exact) mass is 278 g/mol. The van der Waals surface area contributed by atoms with E-state index in [2.05, 4.69) is 4.90 Å². The smallest absolute Gasteiger partial charge is 0.306 e. The lowest BCUT2D eigenvalue weighted by molar-refractivity contribution is -0.385. The van der Waals surface area contributed by atoms with E-state index in [-0.39, 0.29) is 22.6 Å². The summed E-state index contributed by atoms with van der Waals surface area (Å²) in [5.41, 5.74) is 1.57. The highest BCUT2D eigenvalue weighted by Crippen LogP contribution is 2.33. The van der Waals surface area contributed by atoms with E-state index in [0.29, 0.717) is 24.9 Å². The van der Waals surface area contributed by atoms with Crippen molar-refractivity contribution in [3.05, 3.63) is 33.9 Å². The number of nitro groups is 1. The van der Waals surface area contributed by atoms with Gasteiger partial charge in [-0.3, -0.25) is 14.9 Å². The van der Waals surface area contributed by atoms with Crippen molar-refractivity contribution in [3.8, 4) is 0 Å². The van der Waals surface area contributed by atoms with E-state index in [4.69, 9.17) is 5.11 Å². The first-order chi connectivity index (χ1) is 9.41. The fourth-order valence-electron chi connectivity index (χ4n) is 2.87. The van der Waals surface area contributed by atoms with Gasteiger partial charge in [0.15, 0.2) is 0 Å². The third kappa shape index (κ3) is 2.59. The van der Waals surface area contributed by atoms with E-state index in [1.807, 2.05) is 13.0 Å². The van der Waals surface area contributed by atoms with Gasteiger partial charge >= 0.3 is 5.97 Å². The number of piperidine rings is 1. The molecular formula is C14H18N2O4. The van der Waals surface area contributed by atoms with Crippen LogP contribution < -0.4 is 4.90 Å². The summed E-state index contributed by atoms with van der Waals surface area (Å²) in [5.74, 6) is -1.08. The lowest BCUT2D eigenvalue weighted by atomic mass is 9.91. The number of carboxylic acid groups (broad SMARTS) is 1. The molecule has 0 saturated carbocycles. The standard InChI is InChI=1S/C14H18N2O4/c1-9-8-11(14(17)18)6-7-15(9)12-4-3-5-13(10(12)2)16(19)20/h3-5,9,11H,6-8H2,1-2H3,(H,17,18). The summed E-state index contributed by atoms with van der Waals surface area (Å²) in [5, 5.41) is 20.1. The maximum atomic E-state index is 11.0. The maximum Gasteiger partial charge on any atom is 0.306 e. The maximum absolute atomic E-state index is 11.0. The van der Waals surface area contributed by atoms with Crippen molar-refractivity contribution in [2.45, 2.75) is 32.7 Å². The summed E-state index contributed by atoms with van der Waals surface area (Å²) in [6.07, 6.45) is 1.14. The second kappa shape index (κ2) is 5.48. The first-order valence-electron chi connectivity index (χ1n) is 6.65. The zero-order valence-corrected chi connectivity index (χ0v) is 11.6. The van der Waals surface area contributed by atoms with Crippen LogP contribution in [0.4, 0.5) is 11.4 Å². The van der Waals surface area contributed by atoms with Crippen LogP contribution >= 0.6 is 0 Å². The zero-order chi connectivity index (χ0) is 14.9. The van der Waals surface area contributed by atoms with Gasteiger partial charge in [0.25, 0.3) is 5.69 Å². The molecule has 2 unspecified atom stereocenters. The van der Waals surface area contributed by atoms with E-state index < -0.39 is 5.97 Å². The molecule has 1 aliphatic heterocycles. The molecule has 6 nitrogen and oxygen atoms in total. The normalized spacial score (nSPS) is 22.6. The predicted octanol–water partition coefficient (Wildman–Crippen LogP) is 2.59. The minimum Gasteiger partial charge on any atom is -0.481 e. The molecule has 0 spiro atoms. The first-order valence-corrected chi connectivity index (χ1v) is 6.65. The second-order valence-corrected chi connectivity index (χ2v) is 5.28. The van der Waals surface area contributed by atoms with Gasteiger partial charge in [-0.2, -0.15) is 0 Å². The van der Waals surface area contributed by atoms with Gasteiger partial charge in [0.2, 0.25) is 0 Å². The van der Waals surface area contributed by atoms with Crippen LogP contribution in [-0.2, 0) is 4.79 Å². The number of carboxylic acids is 1. The molecule has 2 rings (SSSR count). The molecule has 1 N–H and O–H groups in total. The van der Waals surface area contributed by atoms with Crippen LogP contribution in [0.5, 0.6) is 0 Å². The summed E-state index contributed by atoms with van der Waals surface area (Å²) in [4.78, 5) is 23.7. The highest BCUT2D eigenvalue weighted by Gasteiger charge is 2.31. The number of anilines is 1. The molecule has 1 aliphatic rings. The molecule has 1 saturated heterocycles. The molecule has 1 fully saturated rings. The Labute approximate surface area is 117 Å². The molecule has 1 heterocycles. The Kier molecular flexibility index (Phi) is 3.92. The molecule has 0 bridgehead atoms. The number of hydrogen-bond donors (Lipinski definition) is 1. The van der Waals surface area contributed by atoms with E-state index >= 15 is 0 Å². The quantitative estimate of drug-likeness (QED) is 0.678. The summed E-state index contributed by atoms with van der Waals surface area (Å²) in [7, 11) is 0. The largest absolute Gasteiger partial charge is 0.481 e. The lowest BCUT2D eigenvalue weighted by Gasteiger charge is -2.38. The highest BCUT2D eigenvalue weighted by molar-refractivity contribution is 5.71. The SMILES string of the molecule is Cc1c(N2CCC(C(=O)O)CC2C)cccc1[N+](=O)[O-]. The van der Waals surface area contributed by atoms with Crippen molar-refractivity contribution in [1.29, 1.82) is 0 Å². The van der Waals surface area contributed by atoms with Gasteiger partial charge in [0.1, 0.15) is 0 Å². The minimum absolute atomic E-state index is 0.0607. The van der Waals surface area contributed by atoms with Crippen LogP contribution in [0, 0.1) is 23.0 Å². The molecule has 2 atom stereocenters. The summed E-state index contributed by atoms with van der Waals surface area (Å²) in [6.45, 7) is 4.32. The van der Waals surface area contributed by atoms with Crippen molar-refractivity contribution in [2.24, 2.45) is 5.92 Å². The van der Waals surface area contributed by atoms with Crippen molar-refractivity contribution in [1.82, 2.24) is 0 Å². The Morgan fingerprint density at radius 1 is 1.50 bits per heavy atom. The third-order valence-corrected chi connectivity index (χ3v) is 4.01. The third-order valence-electron chi connectivity index (χ3n) is 4.01. The van der Waals surface area contributed by atoms with Crippen LogP contribution in [-0.4, -0.2) is 28.6 Å². The molecule has 6 heteroatoms. The number of benzene rings is 1. The van der Waals surface area contributed by atoms with Crippen molar-refractivity contribution in [2.75, 3.05) is 11.4 Å². The molecule has 1 aromatic carbocycles. The number of aliphatic carboxylic acids is 1. The lowest BCUT2D eigenvalue weighted by Crippen LogP contribution is -2.43. The molecule has 0 aromatic heterocycles. The van der Waals surface area contributed by atoms with Crippen LogP contribution in [0.2, 0.25) is 0 Å². The summed E-state index contributed by atoms with van der Waals surface area (Å²) >= 11 is 0. The number of carbonyl (C=O) groups is 1. The fourth-order valence-corrected chi connectivity index (χ4v) is 2.87. The van der Waals surface area contributed by atoms with Gasteiger partial charge in [-0.25, -0.2) is 0 Å². The van der Waals surface area contributed by atoms with Crippen LogP contribution in [0.25, 0.3) is 0 Å². The summed E-state index contributed by atoms with van der Waals surface area (Å²) in [6, 6.07) is 5.09.